The van der Waals surface area contributed by atoms with Crippen LogP contribution >= 0.6 is 0 Å². The lowest BCUT2D eigenvalue weighted by Gasteiger charge is -2.27. The minimum Gasteiger partial charge on any atom is -0.370 e. The molecule has 1 aromatic heterocycles. The lowest BCUT2D eigenvalue weighted by Crippen LogP contribution is -2.31. The van der Waals surface area contributed by atoms with Gasteiger partial charge in [0.25, 0.3) is 0 Å². The Kier molecular flexibility index (Phi) is 6.73. The van der Waals surface area contributed by atoms with E-state index in [1.807, 2.05) is 13.0 Å². The van der Waals surface area contributed by atoms with Gasteiger partial charge in [-0.25, -0.2) is 4.98 Å². The van der Waals surface area contributed by atoms with E-state index in [2.05, 4.69) is 20.2 Å². The van der Waals surface area contributed by atoms with Crippen LogP contribution in [0, 0.1) is 6.92 Å². The van der Waals surface area contributed by atoms with E-state index < -0.39 is 0 Å². The summed E-state index contributed by atoms with van der Waals surface area (Å²) in [5, 5.41) is 3.43. The van der Waals surface area contributed by atoms with Gasteiger partial charge in [0, 0.05) is 31.4 Å². The van der Waals surface area contributed by atoms with Gasteiger partial charge in [-0.3, -0.25) is 0 Å². The molecule has 21 heavy (non-hydrogen) atoms. The van der Waals surface area contributed by atoms with Crippen molar-refractivity contribution in [2.75, 3.05) is 36.4 Å². The SMILES string of the molecule is Cc1cc(NCCCCCCN)nc(N2CCCCC2)n1. The summed E-state index contributed by atoms with van der Waals surface area (Å²) in [6.07, 6.45) is 8.58. The van der Waals surface area contributed by atoms with Crippen LogP contribution in [0.5, 0.6) is 0 Å². The molecule has 1 saturated heterocycles. The Hall–Kier alpha value is -1.36. The molecule has 0 aromatic carbocycles. The highest BCUT2D eigenvalue weighted by molar-refractivity contribution is 5.43. The number of piperidine rings is 1. The van der Waals surface area contributed by atoms with Crippen molar-refractivity contribution in [1.82, 2.24) is 9.97 Å². The summed E-state index contributed by atoms with van der Waals surface area (Å²) in [4.78, 5) is 11.6. The van der Waals surface area contributed by atoms with Gasteiger partial charge in [0.15, 0.2) is 0 Å². The standard InChI is InChI=1S/C16H29N5/c1-14-13-15(18-10-6-3-2-5-9-17)20-16(19-14)21-11-7-4-8-12-21/h13H,2-12,17H2,1H3,(H,18,19,20). The molecule has 2 rings (SSSR count). The predicted molar refractivity (Wildman–Crippen MR) is 88.8 cm³/mol. The molecule has 1 aliphatic rings. The Morgan fingerprint density at radius 3 is 2.62 bits per heavy atom. The van der Waals surface area contributed by atoms with Crippen molar-refractivity contribution >= 4 is 11.8 Å². The molecule has 1 aliphatic heterocycles. The van der Waals surface area contributed by atoms with Crippen molar-refractivity contribution in [2.45, 2.75) is 51.9 Å². The fraction of sp³-hybridized carbons (Fsp3) is 0.750. The highest BCUT2D eigenvalue weighted by Crippen LogP contribution is 2.18. The van der Waals surface area contributed by atoms with Crippen molar-refractivity contribution in [3.63, 3.8) is 0 Å². The average Bonchev–Trinajstić information content (AvgIpc) is 2.51. The van der Waals surface area contributed by atoms with Gasteiger partial charge in [-0.1, -0.05) is 12.8 Å². The fourth-order valence-corrected chi connectivity index (χ4v) is 2.72. The first-order valence-electron chi connectivity index (χ1n) is 8.34. The van der Waals surface area contributed by atoms with E-state index in [1.54, 1.807) is 0 Å². The molecule has 2 heterocycles. The summed E-state index contributed by atoms with van der Waals surface area (Å²) in [6, 6.07) is 2.04. The van der Waals surface area contributed by atoms with Crippen LogP contribution in [0.1, 0.15) is 50.6 Å². The lowest BCUT2D eigenvalue weighted by atomic mass is 10.1. The molecule has 0 aliphatic carbocycles. The van der Waals surface area contributed by atoms with E-state index in [-0.39, 0.29) is 0 Å². The molecule has 0 saturated carbocycles. The summed E-state index contributed by atoms with van der Waals surface area (Å²) in [6.45, 7) is 5.99. The second-order valence-corrected chi connectivity index (χ2v) is 5.87. The van der Waals surface area contributed by atoms with Crippen molar-refractivity contribution in [3.05, 3.63) is 11.8 Å². The lowest BCUT2D eigenvalue weighted by molar-refractivity contribution is 0.568. The maximum absolute atomic E-state index is 5.50. The van der Waals surface area contributed by atoms with Crippen LogP contribution in [0.3, 0.4) is 0 Å². The number of nitrogens with two attached hydrogens (primary N) is 1. The highest BCUT2D eigenvalue weighted by Gasteiger charge is 2.14. The molecular formula is C16H29N5. The molecule has 1 aromatic rings. The van der Waals surface area contributed by atoms with Crippen molar-refractivity contribution in [1.29, 1.82) is 0 Å². The summed E-state index contributed by atoms with van der Waals surface area (Å²) in [7, 11) is 0. The zero-order valence-electron chi connectivity index (χ0n) is 13.3. The first-order chi connectivity index (χ1) is 10.3. The van der Waals surface area contributed by atoms with E-state index in [1.165, 1.54) is 38.5 Å². The monoisotopic (exact) mass is 291 g/mol. The van der Waals surface area contributed by atoms with E-state index in [0.29, 0.717) is 0 Å². The smallest absolute Gasteiger partial charge is 0.227 e. The van der Waals surface area contributed by atoms with Crippen LogP contribution in [0.2, 0.25) is 0 Å². The predicted octanol–water partition coefficient (Wildman–Crippen LogP) is 2.71. The van der Waals surface area contributed by atoms with Gasteiger partial charge in [-0.2, -0.15) is 4.98 Å². The number of unbranched alkanes of at least 4 members (excludes halogenated alkanes) is 3. The molecule has 0 unspecified atom stereocenters. The normalized spacial score (nSPS) is 15.2. The molecule has 118 valence electrons. The molecule has 5 heteroatoms. The molecule has 5 nitrogen and oxygen atoms in total. The zero-order chi connectivity index (χ0) is 14.9. The van der Waals surface area contributed by atoms with Crippen LogP contribution in [-0.2, 0) is 0 Å². The van der Waals surface area contributed by atoms with Crippen LogP contribution in [-0.4, -0.2) is 36.1 Å². The molecule has 3 N–H and O–H groups in total. The highest BCUT2D eigenvalue weighted by atomic mass is 15.3. The largest absolute Gasteiger partial charge is 0.370 e. The Morgan fingerprint density at radius 1 is 1.10 bits per heavy atom. The molecule has 0 atom stereocenters. The third kappa shape index (κ3) is 5.50. The summed E-state index contributed by atoms with van der Waals surface area (Å²) in [5.41, 5.74) is 6.54. The molecule has 1 fully saturated rings. The quantitative estimate of drug-likeness (QED) is 0.721. The van der Waals surface area contributed by atoms with E-state index in [4.69, 9.17) is 5.73 Å². The second-order valence-electron chi connectivity index (χ2n) is 5.87. The minimum atomic E-state index is 0.803. The topological polar surface area (TPSA) is 67.1 Å². The maximum Gasteiger partial charge on any atom is 0.227 e. The van der Waals surface area contributed by atoms with Crippen LogP contribution in [0.15, 0.2) is 6.07 Å². The molecular weight excluding hydrogens is 262 g/mol. The van der Waals surface area contributed by atoms with Crippen molar-refractivity contribution < 1.29 is 0 Å². The first kappa shape index (κ1) is 16.0. The van der Waals surface area contributed by atoms with Crippen LogP contribution in [0.4, 0.5) is 11.8 Å². The van der Waals surface area contributed by atoms with Gasteiger partial charge < -0.3 is 16.0 Å². The van der Waals surface area contributed by atoms with Crippen molar-refractivity contribution in [2.24, 2.45) is 5.73 Å². The molecule has 0 bridgehead atoms. The van der Waals surface area contributed by atoms with Gasteiger partial charge >= 0.3 is 0 Å². The number of rotatable bonds is 8. The van der Waals surface area contributed by atoms with Gasteiger partial charge in [-0.15, -0.1) is 0 Å². The van der Waals surface area contributed by atoms with Gasteiger partial charge in [-0.05, 0) is 45.6 Å². The number of aryl methyl sites for hydroxylation is 1. The molecule has 0 radical (unpaired) electrons. The molecule has 0 spiro atoms. The van der Waals surface area contributed by atoms with E-state index in [0.717, 1.165) is 50.1 Å². The number of nitrogens with zero attached hydrogens (tertiary/aromatic N) is 3. The number of nitrogens with one attached hydrogen (secondary N) is 1. The molecule has 0 amide bonds. The number of anilines is 2. The Labute approximate surface area is 128 Å². The Balaban J connectivity index is 1.83. The van der Waals surface area contributed by atoms with Gasteiger partial charge in [0.05, 0.1) is 0 Å². The first-order valence-corrected chi connectivity index (χ1v) is 8.34. The Morgan fingerprint density at radius 2 is 1.86 bits per heavy atom. The van der Waals surface area contributed by atoms with Crippen molar-refractivity contribution in [3.8, 4) is 0 Å². The van der Waals surface area contributed by atoms with E-state index >= 15 is 0 Å². The average molecular weight is 291 g/mol. The summed E-state index contributed by atoms with van der Waals surface area (Å²) in [5.74, 6) is 1.85. The number of hydrogen-bond acceptors (Lipinski definition) is 5. The maximum atomic E-state index is 5.50. The third-order valence-electron chi connectivity index (χ3n) is 3.92. The van der Waals surface area contributed by atoms with Crippen LogP contribution < -0.4 is 16.0 Å². The third-order valence-corrected chi connectivity index (χ3v) is 3.92. The number of aromatic nitrogens is 2. The fourth-order valence-electron chi connectivity index (χ4n) is 2.72. The summed E-state index contributed by atoms with van der Waals surface area (Å²) >= 11 is 0. The zero-order valence-corrected chi connectivity index (χ0v) is 13.3. The number of hydrogen-bond donors (Lipinski definition) is 2. The minimum absolute atomic E-state index is 0.803. The Bertz CT molecular complexity index is 415. The van der Waals surface area contributed by atoms with Crippen LogP contribution in [0.25, 0.3) is 0 Å². The summed E-state index contributed by atoms with van der Waals surface area (Å²) < 4.78 is 0. The van der Waals surface area contributed by atoms with Gasteiger partial charge in [0.1, 0.15) is 5.82 Å². The second kappa shape index (κ2) is 8.82. The van der Waals surface area contributed by atoms with E-state index in [9.17, 15) is 0 Å². The van der Waals surface area contributed by atoms with Gasteiger partial charge in [0.2, 0.25) is 5.95 Å².